The molecule has 0 radical (unpaired) electrons. The molecule has 15 nitrogen and oxygen atoms in total. The van der Waals surface area contributed by atoms with Crippen LogP contribution in [0, 0.1) is 41.4 Å². The summed E-state index contributed by atoms with van der Waals surface area (Å²) in [4.78, 5) is 74.2. The number of aromatic amines is 2. The van der Waals surface area contributed by atoms with Crippen molar-refractivity contribution in [3.8, 4) is 44.8 Å². The maximum absolute atomic E-state index is 14.4. The third-order valence-corrected chi connectivity index (χ3v) is 17.6. The molecular formula is C62H70N8O7. The number of carbonyl (C=O) groups excluding carboxylic acids is 4. The lowest BCUT2D eigenvalue weighted by Gasteiger charge is -2.37. The van der Waals surface area contributed by atoms with Crippen LogP contribution < -0.4 is 10.6 Å². The standard InChI is InChI=1S/C62H70N8O7/c1-32(2)42-20-19-35(42)10-8-9-25-76-62(74)68-56(34(5)6)60(72)70-48-27-41(48)29-50(70)58-64-31-46(66-58)39-17-13-37(14-18-39)44-22-21-43(53-51-23-24-52(77-51)54(44)53)36-11-15-38(16-12-36)45-30-63-57(65-45)49-28-40-26-47(40)69(49)59(71)55(33(3)4)67-61(73)75-7/h8,10-18,21-24,30-35,40-42,47-50,55-56H,9,19-20,25-29H2,1-7H3,(H,63,65)(H,64,66)(H,67,73)(H,68,74)/b10-8-/t35?,40?,41?,42?,47?,48?,49-,50-,55-,56-/m0/s1. The Kier molecular flexibility index (Phi) is 13.2. The van der Waals surface area contributed by atoms with E-state index in [9.17, 15) is 19.2 Å². The van der Waals surface area contributed by atoms with Crippen molar-refractivity contribution in [2.45, 2.75) is 123 Å². The van der Waals surface area contributed by atoms with Crippen LogP contribution in [0.15, 0.2) is 102 Å². The van der Waals surface area contributed by atoms with Gasteiger partial charge in [-0.05, 0) is 132 Å². The molecule has 2 aliphatic heterocycles. The predicted molar refractivity (Wildman–Crippen MR) is 295 cm³/mol. The number of aromatic nitrogens is 4. The number of rotatable bonds is 17. The van der Waals surface area contributed by atoms with Gasteiger partial charge in [0.1, 0.15) is 34.9 Å². The minimum Gasteiger partial charge on any atom is -0.456 e. The van der Waals surface area contributed by atoms with Crippen molar-refractivity contribution in [3.63, 3.8) is 0 Å². The molecule has 10 atom stereocenters. The van der Waals surface area contributed by atoms with Crippen molar-refractivity contribution < 1.29 is 33.1 Å². The third kappa shape index (κ3) is 9.43. The summed E-state index contributed by atoms with van der Waals surface area (Å²) in [6.45, 7) is 12.6. The van der Waals surface area contributed by atoms with Gasteiger partial charge in [-0.3, -0.25) is 9.59 Å². The fourth-order valence-electron chi connectivity index (χ4n) is 13.0. The van der Waals surface area contributed by atoms with Crippen LogP contribution in [0.5, 0.6) is 0 Å². The molecule has 15 heteroatoms. The number of carbonyl (C=O) groups is 4. The van der Waals surface area contributed by atoms with E-state index in [1.165, 1.54) is 20.0 Å². The minimum absolute atomic E-state index is 0.0888. The zero-order valence-corrected chi connectivity index (χ0v) is 45.0. The van der Waals surface area contributed by atoms with E-state index in [0.29, 0.717) is 30.1 Å². The Morgan fingerprint density at radius 3 is 1.57 bits per heavy atom. The summed E-state index contributed by atoms with van der Waals surface area (Å²) >= 11 is 0. The van der Waals surface area contributed by atoms with Gasteiger partial charge in [0, 0.05) is 22.9 Å². The molecule has 4 aromatic heterocycles. The first-order chi connectivity index (χ1) is 37.2. The molecule has 12 rings (SSSR count). The highest BCUT2D eigenvalue weighted by atomic mass is 16.5. The summed E-state index contributed by atoms with van der Waals surface area (Å²) in [6, 6.07) is 23.8. The van der Waals surface area contributed by atoms with Crippen LogP contribution in [0.3, 0.4) is 0 Å². The molecule has 77 heavy (non-hydrogen) atoms. The molecule has 4 amide bonds. The number of likely N-dealkylation sites (tertiary alicyclic amines) is 2. The molecule has 2 saturated heterocycles. The van der Waals surface area contributed by atoms with Gasteiger partial charge in [0.2, 0.25) is 11.8 Å². The number of nitrogens with one attached hydrogen (secondary N) is 4. The number of hydrogen-bond acceptors (Lipinski definition) is 9. The number of hydrogen-bond donors (Lipinski definition) is 4. The largest absolute Gasteiger partial charge is 0.456 e. The van der Waals surface area contributed by atoms with E-state index >= 15 is 0 Å². The molecule has 6 unspecified atom stereocenters. The normalized spacial score (nSPS) is 24.2. The van der Waals surface area contributed by atoms with Gasteiger partial charge in [-0.25, -0.2) is 19.6 Å². The van der Waals surface area contributed by atoms with Crippen LogP contribution >= 0.6 is 0 Å². The van der Waals surface area contributed by atoms with Gasteiger partial charge in [-0.2, -0.15) is 0 Å². The van der Waals surface area contributed by atoms with E-state index < -0.39 is 24.3 Å². The smallest absolute Gasteiger partial charge is 0.407 e. The van der Waals surface area contributed by atoms with E-state index in [-0.39, 0.29) is 54.4 Å². The predicted octanol–water partition coefficient (Wildman–Crippen LogP) is 12.2. The number of amides is 4. The van der Waals surface area contributed by atoms with E-state index in [2.05, 4.69) is 107 Å². The zero-order valence-electron chi connectivity index (χ0n) is 45.0. The maximum atomic E-state index is 14.4. The van der Waals surface area contributed by atoms with E-state index in [4.69, 9.17) is 23.9 Å². The van der Waals surface area contributed by atoms with Crippen molar-refractivity contribution in [2.75, 3.05) is 13.7 Å². The van der Waals surface area contributed by atoms with E-state index in [1.807, 2.05) is 62.0 Å². The number of imidazole rings is 2. The molecule has 3 saturated carbocycles. The highest BCUT2D eigenvalue weighted by Crippen LogP contribution is 2.55. The first kappa shape index (κ1) is 50.4. The summed E-state index contributed by atoms with van der Waals surface area (Å²) in [5.74, 6) is 3.97. The average molecular weight is 1040 g/mol. The number of benzene rings is 4. The number of ether oxygens (including phenoxy) is 2. The van der Waals surface area contributed by atoms with Crippen molar-refractivity contribution in [2.24, 2.45) is 41.4 Å². The van der Waals surface area contributed by atoms with Crippen LogP contribution in [0.2, 0.25) is 0 Å². The molecule has 0 spiro atoms. The molecule has 6 heterocycles. The van der Waals surface area contributed by atoms with Gasteiger partial charge in [0.05, 0.1) is 49.6 Å². The van der Waals surface area contributed by atoms with E-state index in [0.717, 1.165) is 110 Å². The first-order valence-corrected chi connectivity index (χ1v) is 27.9. The summed E-state index contributed by atoms with van der Waals surface area (Å²) < 4.78 is 16.8. The van der Waals surface area contributed by atoms with Crippen molar-refractivity contribution in [1.29, 1.82) is 0 Å². The Balaban J connectivity index is 0.712. The molecule has 5 fully saturated rings. The second-order valence-electron chi connectivity index (χ2n) is 23.4. The number of methoxy groups -OCH3 is 1. The molecule has 2 bridgehead atoms. The molecule has 3 aliphatic carbocycles. The molecule has 4 N–H and O–H groups in total. The van der Waals surface area contributed by atoms with Crippen LogP contribution in [-0.2, 0) is 19.1 Å². The Bertz CT molecular complexity index is 3350. The summed E-state index contributed by atoms with van der Waals surface area (Å²) in [5.41, 5.74) is 9.63. The van der Waals surface area contributed by atoms with E-state index in [1.54, 1.807) is 0 Å². The Morgan fingerprint density at radius 1 is 0.649 bits per heavy atom. The maximum Gasteiger partial charge on any atom is 0.407 e. The zero-order chi connectivity index (χ0) is 53.4. The topological polar surface area (TPSA) is 188 Å². The SMILES string of the molecule is COC(=O)N[C@H](C(=O)N1C2CC2C[C@H]1c1ncc(-c2ccc(-c3ccc(-c4ccc(-c5cnc([C@@H]6CC7CC7N6C(=O)[C@@H](NC(=O)OCC/C=C\C6CCC6C(C)C)C(C)C)[nH]5)cc4)c4c5ccc(o5)c34)cc2)[nH]1)C(C)C. The van der Waals surface area contributed by atoms with Crippen molar-refractivity contribution in [1.82, 2.24) is 40.4 Å². The summed E-state index contributed by atoms with van der Waals surface area (Å²) in [5, 5.41) is 7.81. The van der Waals surface area contributed by atoms with Gasteiger partial charge >= 0.3 is 12.2 Å². The quantitative estimate of drug-likeness (QED) is 0.0508. The van der Waals surface area contributed by atoms with Crippen LogP contribution in [-0.4, -0.2) is 91.6 Å². The molecule has 7 aromatic rings. The lowest BCUT2D eigenvalue weighted by molar-refractivity contribution is -0.137. The first-order valence-electron chi connectivity index (χ1n) is 27.9. The Labute approximate surface area is 449 Å². The second kappa shape index (κ2) is 20.2. The van der Waals surface area contributed by atoms with Crippen molar-refractivity contribution in [3.05, 3.63) is 109 Å². The third-order valence-electron chi connectivity index (χ3n) is 17.6. The molecule has 3 aromatic carbocycles. The highest BCUT2D eigenvalue weighted by Gasteiger charge is 2.57. The molecule has 5 aliphatic rings. The van der Waals surface area contributed by atoms with Gasteiger partial charge in [0.25, 0.3) is 0 Å². The second-order valence-corrected chi connectivity index (χ2v) is 23.4. The Hall–Kier alpha value is -7.42. The highest BCUT2D eigenvalue weighted by molar-refractivity contribution is 6.19. The lowest BCUT2D eigenvalue weighted by atomic mass is 9.68. The minimum atomic E-state index is -0.709. The van der Waals surface area contributed by atoms with Gasteiger partial charge < -0.3 is 44.3 Å². The number of alkyl carbamates (subject to hydrolysis) is 2. The van der Waals surface area contributed by atoms with Gasteiger partial charge in [-0.15, -0.1) is 0 Å². The van der Waals surface area contributed by atoms with Crippen LogP contribution in [0.1, 0.15) is 110 Å². The average Bonchev–Trinajstić information content (AvgIpc) is 4.07. The lowest BCUT2D eigenvalue weighted by Crippen LogP contribution is -2.52. The Morgan fingerprint density at radius 2 is 1.13 bits per heavy atom. The van der Waals surface area contributed by atoms with Crippen molar-refractivity contribution >= 4 is 45.9 Å². The fraction of sp³-hybridized carbons (Fsp3) is 0.452. The number of allylic oxidation sites excluding steroid dienone is 1. The fourth-order valence-corrected chi connectivity index (χ4v) is 13.0. The number of fused-ring (bicyclic) bond motifs is 7. The summed E-state index contributed by atoms with van der Waals surface area (Å²) in [7, 11) is 1.31. The van der Waals surface area contributed by atoms with Crippen LogP contribution in [0.4, 0.5) is 9.59 Å². The van der Waals surface area contributed by atoms with Gasteiger partial charge in [0.15, 0.2) is 0 Å². The number of furan rings is 2. The molecule has 400 valence electrons. The van der Waals surface area contributed by atoms with Crippen LogP contribution in [0.25, 0.3) is 66.7 Å². The monoisotopic (exact) mass is 1040 g/mol. The number of nitrogens with zero attached hydrogens (tertiary/aromatic N) is 4. The van der Waals surface area contributed by atoms with Gasteiger partial charge in [-0.1, -0.05) is 114 Å². The summed E-state index contributed by atoms with van der Waals surface area (Å²) in [6.07, 6.45) is 13.7. The number of H-pyrrole nitrogens is 2. The number of piperidine rings is 2. The molecular weight excluding hydrogens is 969 g/mol.